The van der Waals surface area contributed by atoms with Gasteiger partial charge in [0.1, 0.15) is 0 Å². The second kappa shape index (κ2) is 5.71. The Labute approximate surface area is 107 Å². The smallest absolute Gasteiger partial charge is 0.0589 e. The average Bonchev–Trinajstić information content (AvgIpc) is 3.13. The van der Waals surface area contributed by atoms with Crippen molar-refractivity contribution in [2.45, 2.75) is 25.4 Å². The van der Waals surface area contributed by atoms with Crippen molar-refractivity contribution in [2.24, 2.45) is 0 Å². The zero-order valence-corrected chi connectivity index (χ0v) is 10.9. The third kappa shape index (κ3) is 3.60. The Bertz CT molecular complexity index is 380. The maximum Gasteiger partial charge on any atom is 0.0589 e. The number of nitrogens with zero attached hydrogens (tertiary/aromatic N) is 1. The van der Waals surface area contributed by atoms with Crippen molar-refractivity contribution in [3.05, 3.63) is 28.8 Å². The molecule has 2 rings (SSSR count). The lowest BCUT2D eigenvalue weighted by Gasteiger charge is -2.22. The quantitative estimate of drug-likeness (QED) is 0.793. The van der Waals surface area contributed by atoms with Gasteiger partial charge in [0.05, 0.1) is 6.61 Å². The van der Waals surface area contributed by atoms with Crippen LogP contribution in [0.5, 0.6) is 0 Å². The molecule has 1 fully saturated rings. The number of hydrogen-bond donors (Lipinski definition) is 1. The predicted molar refractivity (Wildman–Crippen MR) is 71.2 cm³/mol. The van der Waals surface area contributed by atoms with Crippen LogP contribution in [0.25, 0.3) is 0 Å². The molecule has 0 heterocycles. The first-order chi connectivity index (χ1) is 8.20. The van der Waals surface area contributed by atoms with Crippen LogP contribution in [0.15, 0.2) is 18.2 Å². The number of rotatable bonds is 6. The first kappa shape index (κ1) is 12.7. The van der Waals surface area contributed by atoms with Gasteiger partial charge < -0.3 is 10.5 Å². The molecule has 0 saturated heterocycles. The number of nitrogens with two attached hydrogens (primary N) is 1. The fourth-order valence-corrected chi connectivity index (χ4v) is 2.16. The van der Waals surface area contributed by atoms with Crippen LogP contribution in [0.2, 0.25) is 5.02 Å². The van der Waals surface area contributed by atoms with Gasteiger partial charge in [-0.15, -0.1) is 0 Å². The molecule has 0 amide bonds. The molecule has 0 bridgehead atoms. The van der Waals surface area contributed by atoms with Crippen LogP contribution in [0.1, 0.15) is 18.4 Å². The third-order valence-corrected chi connectivity index (χ3v) is 3.36. The van der Waals surface area contributed by atoms with Gasteiger partial charge in [0.2, 0.25) is 0 Å². The fourth-order valence-electron chi connectivity index (χ4n) is 1.97. The average molecular weight is 255 g/mol. The third-order valence-electron chi connectivity index (χ3n) is 3.12. The molecule has 0 aromatic heterocycles. The van der Waals surface area contributed by atoms with Crippen LogP contribution in [-0.2, 0) is 11.3 Å². The summed E-state index contributed by atoms with van der Waals surface area (Å²) in [5.41, 5.74) is 7.90. The lowest BCUT2D eigenvalue weighted by molar-refractivity contribution is 0.140. The SMILES string of the molecule is COCCN(Cc1cc(Cl)ccc1N)C1CC1. The van der Waals surface area contributed by atoms with Crippen molar-refractivity contribution in [3.63, 3.8) is 0 Å². The minimum atomic E-state index is 0.698. The summed E-state index contributed by atoms with van der Waals surface area (Å²) in [6.45, 7) is 2.57. The summed E-state index contributed by atoms with van der Waals surface area (Å²) in [6.07, 6.45) is 2.56. The Morgan fingerprint density at radius 2 is 2.24 bits per heavy atom. The highest BCUT2D eigenvalue weighted by Crippen LogP contribution is 2.29. The number of anilines is 1. The van der Waals surface area contributed by atoms with Crippen molar-refractivity contribution < 1.29 is 4.74 Å². The van der Waals surface area contributed by atoms with E-state index in [1.54, 1.807) is 7.11 Å². The first-order valence-electron chi connectivity index (χ1n) is 5.97. The molecule has 0 unspecified atom stereocenters. The Morgan fingerprint density at radius 3 is 2.88 bits per heavy atom. The predicted octanol–water partition coefficient (Wildman–Crippen LogP) is 2.53. The van der Waals surface area contributed by atoms with E-state index in [2.05, 4.69) is 4.90 Å². The van der Waals surface area contributed by atoms with Gasteiger partial charge in [0.15, 0.2) is 0 Å². The molecule has 3 nitrogen and oxygen atoms in total. The van der Waals surface area contributed by atoms with Crippen LogP contribution < -0.4 is 5.73 Å². The lowest BCUT2D eigenvalue weighted by atomic mass is 10.1. The molecule has 1 saturated carbocycles. The van der Waals surface area contributed by atoms with Gasteiger partial charge in [-0.1, -0.05) is 11.6 Å². The molecule has 1 aromatic carbocycles. The van der Waals surface area contributed by atoms with E-state index >= 15 is 0 Å². The molecular formula is C13H19ClN2O. The molecule has 4 heteroatoms. The summed E-state index contributed by atoms with van der Waals surface area (Å²) in [4.78, 5) is 2.42. The summed E-state index contributed by atoms with van der Waals surface area (Å²) < 4.78 is 5.14. The van der Waals surface area contributed by atoms with Crippen LogP contribution >= 0.6 is 11.6 Å². The highest BCUT2D eigenvalue weighted by molar-refractivity contribution is 6.30. The van der Waals surface area contributed by atoms with Gasteiger partial charge in [-0.25, -0.2) is 0 Å². The number of ether oxygens (including phenoxy) is 1. The monoisotopic (exact) mass is 254 g/mol. The van der Waals surface area contributed by atoms with Gasteiger partial charge in [-0.3, -0.25) is 4.90 Å². The number of nitrogen functional groups attached to an aromatic ring is 1. The summed E-state index contributed by atoms with van der Waals surface area (Å²) in [5, 5.41) is 0.747. The summed E-state index contributed by atoms with van der Waals surface area (Å²) in [6, 6.07) is 6.36. The number of methoxy groups -OCH3 is 1. The number of benzene rings is 1. The molecule has 17 heavy (non-hydrogen) atoms. The van der Waals surface area contributed by atoms with E-state index in [1.165, 1.54) is 12.8 Å². The maximum atomic E-state index is 6.00. The van der Waals surface area contributed by atoms with Gasteiger partial charge >= 0.3 is 0 Å². The number of hydrogen-bond acceptors (Lipinski definition) is 3. The topological polar surface area (TPSA) is 38.5 Å². The zero-order valence-electron chi connectivity index (χ0n) is 10.2. The van der Waals surface area contributed by atoms with E-state index < -0.39 is 0 Å². The molecular weight excluding hydrogens is 236 g/mol. The van der Waals surface area contributed by atoms with Gasteiger partial charge in [0, 0.05) is 37.0 Å². The first-order valence-corrected chi connectivity index (χ1v) is 6.35. The molecule has 0 aliphatic heterocycles. The minimum Gasteiger partial charge on any atom is -0.398 e. The summed E-state index contributed by atoms with van der Waals surface area (Å²) in [5.74, 6) is 0. The zero-order chi connectivity index (χ0) is 12.3. The highest BCUT2D eigenvalue weighted by atomic mass is 35.5. The molecule has 1 aliphatic rings. The van der Waals surface area contributed by atoms with Crippen molar-refractivity contribution in [1.82, 2.24) is 4.90 Å². The maximum absolute atomic E-state index is 6.00. The van der Waals surface area contributed by atoms with E-state index in [0.29, 0.717) is 6.04 Å². The van der Waals surface area contributed by atoms with E-state index in [0.717, 1.165) is 36.0 Å². The number of halogens is 1. The molecule has 0 radical (unpaired) electrons. The minimum absolute atomic E-state index is 0.698. The molecule has 0 spiro atoms. The van der Waals surface area contributed by atoms with Crippen LogP contribution in [-0.4, -0.2) is 31.2 Å². The molecule has 1 aromatic rings. The van der Waals surface area contributed by atoms with Crippen LogP contribution in [0.3, 0.4) is 0 Å². The molecule has 94 valence electrons. The Balaban J connectivity index is 2.03. The fraction of sp³-hybridized carbons (Fsp3) is 0.538. The highest BCUT2D eigenvalue weighted by Gasteiger charge is 2.28. The van der Waals surface area contributed by atoms with Gasteiger partial charge in [0.25, 0.3) is 0 Å². The van der Waals surface area contributed by atoms with Crippen molar-refractivity contribution in [1.29, 1.82) is 0 Å². The molecule has 2 N–H and O–H groups in total. The van der Waals surface area contributed by atoms with Gasteiger partial charge in [-0.2, -0.15) is 0 Å². The Hall–Kier alpha value is -0.770. The second-order valence-electron chi connectivity index (χ2n) is 4.54. The van der Waals surface area contributed by atoms with E-state index in [9.17, 15) is 0 Å². The standard InChI is InChI=1S/C13H19ClN2O/c1-17-7-6-16(12-3-4-12)9-10-8-11(14)2-5-13(10)15/h2,5,8,12H,3-4,6-7,9,15H2,1H3. The lowest BCUT2D eigenvalue weighted by Crippen LogP contribution is -2.29. The normalized spacial score (nSPS) is 15.5. The van der Waals surface area contributed by atoms with Gasteiger partial charge in [-0.05, 0) is 36.6 Å². The van der Waals surface area contributed by atoms with Crippen molar-refractivity contribution >= 4 is 17.3 Å². The van der Waals surface area contributed by atoms with Crippen LogP contribution in [0.4, 0.5) is 5.69 Å². The largest absolute Gasteiger partial charge is 0.398 e. The van der Waals surface area contributed by atoms with E-state index in [4.69, 9.17) is 22.1 Å². The van der Waals surface area contributed by atoms with E-state index in [1.807, 2.05) is 18.2 Å². The van der Waals surface area contributed by atoms with E-state index in [-0.39, 0.29) is 0 Å². The Kier molecular flexibility index (Phi) is 4.26. The summed E-state index contributed by atoms with van der Waals surface area (Å²) in [7, 11) is 1.73. The Morgan fingerprint density at radius 1 is 1.47 bits per heavy atom. The van der Waals surface area contributed by atoms with Crippen molar-refractivity contribution in [2.75, 3.05) is 26.0 Å². The second-order valence-corrected chi connectivity index (χ2v) is 4.97. The van der Waals surface area contributed by atoms with Crippen LogP contribution in [0, 0.1) is 0 Å². The molecule has 0 atom stereocenters. The molecule has 1 aliphatic carbocycles. The van der Waals surface area contributed by atoms with Crippen molar-refractivity contribution in [3.8, 4) is 0 Å². The summed E-state index contributed by atoms with van der Waals surface area (Å²) >= 11 is 6.00.